The topological polar surface area (TPSA) is 61.0 Å². The number of nitrogens with zero attached hydrogens (tertiary/aromatic N) is 1. The first kappa shape index (κ1) is 15.9. The van der Waals surface area contributed by atoms with Gasteiger partial charge in [0, 0.05) is 5.56 Å². The Labute approximate surface area is 150 Å². The van der Waals surface area contributed by atoms with Crippen molar-refractivity contribution in [2.45, 2.75) is 6.61 Å². The number of hydrogen-bond acceptors (Lipinski definition) is 5. The lowest BCUT2D eigenvalue weighted by Gasteiger charge is -2.09. The fourth-order valence-electron chi connectivity index (χ4n) is 2.53. The molecule has 0 fully saturated rings. The van der Waals surface area contributed by atoms with Gasteiger partial charge in [-0.1, -0.05) is 48.5 Å². The molecule has 0 saturated carbocycles. The van der Waals surface area contributed by atoms with E-state index < -0.39 is 5.97 Å². The van der Waals surface area contributed by atoms with Crippen LogP contribution in [0.3, 0.4) is 0 Å². The number of aliphatic imine (C=N–C) groups is 1. The highest BCUT2D eigenvalue weighted by Crippen LogP contribution is 2.25. The predicted molar refractivity (Wildman–Crippen MR) is 96.5 cm³/mol. The van der Waals surface area contributed by atoms with E-state index in [9.17, 15) is 4.79 Å². The van der Waals surface area contributed by atoms with Crippen LogP contribution in [-0.4, -0.2) is 11.9 Å². The third-order valence-electron chi connectivity index (χ3n) is 3.80. The van der Waals surface area contributed by atoms with Gasteiger partial charge >= 0.3 is 5.97 Å². The van der Waals surface area contributed by atoms with E-state index in [0.717, 1.165) is 11.1 Å². The Morgan fingerprint density at radius 2 is 1.77 bits per heavy atom. The average Bonchev–Trinajstić information content (AvgIpc) is 3.32. The fraction of sp³-hybridized carbons (Fsp3) is 0.0476. The van der Waals surface area contributed by atoms with Gasteiger partial charge < -0.3 is 13.9 Å². The third kappa shape index (κ3) is 3.42. The highest BCUT2D eigenvalue weighted by Gasteiger charge is 2.26. The van der Waals surface area contributed by atoms with Gasteiger partial charge in [-0.15, -0.1) is 0 Å². The van der Waals surface area contributed by atoms with Crippen LogP contribution >= 0.6 is 0 Å². The summed E-state index contributed by atoms with van der Waals surface area (Å²) in [6, 6.07) is 20.7. The molecule has 4 rings (SSSR count). The molecule has 0 unspecified atom stereocenters. The molecule has 0 aliphatic carbocycles. The summed E-state index contributed by atoms with van der Waals surface area (Å²) in [5.74, 6) is 0.719. The van der Waals surface area contributed by atoms with E-state index in [1.165, 1.54) is 6.26 Å². The van der Waals surface area contributed by atoms with Crippen LogP contribution in [0.5, 0.6) is 5.75 Å². The summed E-state index contributed by atoms with van der Waals surface area (Å²) >= 11 is 0. The average molecular weight is 345 g/mol. The second kappa shape index (κ2) is 7.11. The molecule has 0 bridgehead atoms. The minimum atomic E-state index is -0.519. The molecule has 0 radical (unpaired) electrons. The molecule has 1 aliphatic rings. The van der Waals surface area contributed by atoms with Crippen LogP contribution in [0, 0.1) is 0 Å². The maximum absolute atomic E-state index is 12.1. The van der Waals surface area contributed by atoms with Crippen LogP contribution in [0.4, 0.5) is 0 Å². The van der Waals surface area contributed by atoms with E-state index in [2.05, 4.69) is 4.99 Å². The number of furan rings is 1. The van der Waals surface area contributed by atoms with Crippen molar-refractivity contribution in [1.29, 1.82) is 0 Å². The summed E-state index contributed by atoms with van der Waals surface area (Å²) in [5, 5.41) is 0. The standard InChI is InChI=1S/C21H15NO4/c23-21-17(22-20(26-21)19-11-6-12-24-19)13-16-9-4-5-10-18(16)25-14-15-7-2-1-3-8-15/h1-13H,14H2/b17-13+. The Kier molecular flexibility index (Phi) is 4.35. The summed E-state index contributed by atoms with van der Waals surface area (Å²) in [6.07, 6.45) is 3.15. The zero-order chi connectivity index (χ0) is 17.8. The normalized spacial score (nSPS) is 15.0. The minimum absolute atomic E-state index is 0.161. The van der Waals surface area contributed by atoms with Crippen molar-refractivity contribution in [1.82, 2.24) is 0 Å². The Morgan fingerprint density at radius 1 is 0.962 bits per heavy atom. The van der Waals surface area contributed by atoms with Crippen LogP contribution in [0.1, 0.15) is 16.9 Å². The summed E-state index contributed by atoms with van der Waals surface area (Å²) in [4.78, 5) is 16.3. The maximum Gasteiger partial charge on any atom is 0.363 e. The van der Waals surface area contributed by atoms with E-state index in [4.69, 9.17) is 13.9 Å². The van der Waals surface area contributed by atoms with E-state index in [-0.39, 0.29) is 11.6 Å². The van der Waals surface area contributed by atoms with Gasteiger partial charge in [0.15, 0.2) is 11.5 Å². The molecule has 5 heteroatoms. The summed E-state index contributed by atoms with van der Waals surface area (Å²) < 4.78 is 16.3. The zero-order valence-corrected chi connectivity index (χ0v) is 13.8. The Bertz CT molecular complexity index is 972. The largest absolute Gasteiger partial charge is 0.488 e. The molecule has 0 spiro atoms. The summed E-state index contributed by atoms with van der Waals surface area (Å²) in [6.45, 7) is 0.437. The molecule has 3 aromatic rings. The number of benzene rings is 2. The molecule has 0 N–H and O–H groups in total. The number of para-hydroxylation sites is 1. The lowest BCUT2D eigenvalue weighted by Crippen LogP contribution is -2.04. The van der Waals surface area contributed by atoms with Gasteiger partial charge in [-0.3, -0.25) is 0 Å². The monoisotopic (exact) mass is 345 g/mol. The molecule has 0 atom stereocenters. The van der Waals surface area contributed by atoms with Gasteiger partial charge in [0.05, 0.1) is 6.26 Å². The molecular formula is C21H15NO4. The molecular weight excluding hydrogens is 330 g/mol. The smallest absolute Gasteiger partial charge is 0.363 e. The predicted octanol–water partition coefficient (Wildman–Crippen LogP) is 4.20. The molecule has 128 valence electrons. The van der Waals surface area contributed by atoms with Crippen LogP contribution in [0.2, 0.25) is 0 Å². The van der Waals surface area contributed by atoms with Gasteiger partial charge in [-0.2, -0.15) is 0 Å². The van der Waals surface area contributed by atoms with E-state index in [1.807, 2.05) is 54.6 Å². The number of rotatable bonds is 5. The molecule has 26 heavy (non-hydrogen) atoms. The van der Waals surface area contributed by atoms with Crippen molar-refractivity contribution in [3.05, 3.63) is 95.6 Å². The highest BCUT2D eigenvalue weighted by molar-refractivity contribution is 6.11. The summed E-state index contributed by atoms with van der Waals surface area (Å²) in [5.41, 5.74) is 2.01. The van der Waals surface area contributed by atoms with Crippen molar-refractivity contribution in [2.75, 3.05) is 0 Å². The van der Waals surface area contributed by atoms with E-state index in [1.54, 1.807) is 18.2 Å². The minimum Gasteiger partial charge on any atom is -0.488 e. The van der Waals surface area contributed by atoms with Gasteiger partial charge in [0.1, 0.15) is 12.4 Å². The zero-order valence-electron chi connectivity index (χ0n) is 13.8. The van der Waals surface area contributed by atoms with E-state index >= 15 is 0 Å². The number of carbonyl (C=O) groups excluding carboxylic acids is 1. The number of carbonyl (C=O) groups is 1. The number of esters is 1. The second-order valence-corrected chi connectivity index (χ2v) is 5.63. The molecule has 0 saturated heterocycles. The van der Waals surface area contributed by atoms with Crippen LogP contribution in [0.15, 0.2) is 88.1 Å². The van der Waals surface area contributed by atoms with Crippen molar-refractivity contribution < 1.29 is 18.7 Å². The van der Waals surface area contributed by atoms with Crippen LogP contribution in [-0.2, 0) is 16.1 Å². The Morgan fingerprint density at radius 3 is 2.58 bits per heavy atom. The number of hydrogen-bond donors (Lipinski definition) is 0. The highest BCUT2D eigenvalue weighted by atomic mass is 16.6. The first-order chi connectivity index (χ1) is 12.8. The molecule has 5 nitrogen and oxygen atoms in total. The molecule has 2 heterocycles. The quantitative estimate of drug-likeness (QED) is 0.513. The molecule has 2 aromatic carbocycles. The van der Waals surface area contributed by atoms with E-state index in [0.29, 0.717) is 18.1 Å². The number of cyclic esters (lactones) is 1. The Hall–Kier alpha value is -3.60. The third-order valence-corrected chi connectivity index (χ3v) is 3.80. The van der Waals surface area contributed by atoms with Crippen molar-refractivity contribution >= 4 is 17.9 Å². The number of ether oxygens (including phenoxy) is 2. The SMILES string of the molecule is O=C1OC(c2ccco2)=N/C1=C/c1ccccc1OCc1ccccc1. The molecule has 1 aromatic heterocycles. The van der Waals surface area contributed by atoms with Gasteiger partial charge in [0.2, 0.25) is 0 Å². The van der Waals surface area contributed by atoms with Crippen molar-refractivity contribution in [3.63, 3.8) is 0 Å². The lowest BCUT2D eigenvalue weighted by molar-refractivity contribution is -0.130. The lowest BCUT2D eigenvalue weighted by atomic mass is 10.1. The van der Waals surface area contributed by atoms with Crippen LogP contribution in [0.25, 0.3) is 6.08 Å². The molecule has 0 amide bonds. The van der Waals surface area contributed by atoms with Crippen molar-refractivity contribution in [2.24, 2.45) is 4.99 Å². The van der Waals surface area contributed by atoms with Gasteiger partial charge in [-0.25, -0.2) is 9.79 Å². The first-order valence-corrected chi connectivity index (χ1v) is 8.12. The summed E-state index contributed by atoms with van der Waals surface area (Å²) in [7, 11) is 0. The van der Waals surface area contributed by atoms with Crippen LogP contribution < -0.4 is 4.74 Å². The maximum atomic E-state index is 12.1. The Balaban J connectivity index is 1.58. The van der Waals surface area contributed by atoms with Crippen molar-refractivity contribution in [3.8, 4) is 5.75 Å². The first-order valence-electron chi connectivity index (χ1n) is 8.12. The second-order valence-electron chi connectivity index (χ2n) is 5.63. The fourth-order valence-corrected chi connectivity index (χ4v) is 2.53. The molecule has 1 aliphatic heterocycles. The van der Waals surface area contributed by atoms with Gasteiger partial charge in [-0.05, 0) is 29.8 Å². The van der Waals surface area contributed by atoms with Gasteiger partial charge in [0.25, 0.3) is 5.90 Å².